The van der Waals surface area contributed by atoms with Gasteiger partial charge in [0, 0.05) is 30.7 Å². The lowest BCUT2D eigenvalue weighted by atomic mass is 9.95. The van der Waals surface area contributed by atoms with Crippen molar-refractivity contribution in [3.63, 3.8) is 0 Å². The highest BCUT2D eigenvalue weighted by Gasteiger charge is 2.31. The molecule has 1 heterocycles. The summed E-state index contributed by atoms with van der Waals surface area (Å²) in [5.41, 5.74) is 7.91. The van der Waals surface area contributed by atoms with Crippen LogP contribution in [-0.2, 0) is 4.79 Å². The molecule has 0 radical (unpaired) electrons. The van der Waals surface area contributed by atoms with Gasteiger partial charge in [0.25, 0.3) is 0 Å². The summed E-state index contributed by atoms with van der Waals surface area (Å²) in [5.74, 6) is -0.455. The van der Waals surface area contributed by atoms with Gasteiger partial charge < -0.3 is 11.1 Å². The summed E-state index contributed by atoms with van der Waals surface area (Å²) in [6, 6.07) is 14.2. The zero-order valence-electron chi connectivity index (χ0n) is 13.5. The molecule has 7 heteroatoms. The first-order valence-electron chi connectivity index (χ1n) is 7.80. The number of benzene rings is 2. The molecule has 3 rings (SSSR count). The molecule has 0 aromatic heterocycles. The van der Waals surface area contributed by atoms with Crippen molar-refractivity contribution in [1.82, 2.24) is 4.90 Å². The van der Waals surface area contributed by atoms with Crippen LogP contribution in [0.1, 0.15) is 11.5 Å². The molecule has 2 aromatic carbocycles. The van der Waals surface area contributed by atoms with E-state index in [0.717, 1.165) is 6.54 Å². The number of likely N-dealkylation sites (tertiary alicyclic amines) is 1. The number of amides is 1. The fraction of sp³-hybridized carbons (Fsp3) is 0.278. The van der Waals surface area contributed by atoms with E-state index in [4.69, 9.17) is 17.3 Å². The molecule has 1 amide bonds. The summed E-state index contributed by atoms with van der Waals surface area (Å²) in [6.45, 7) is 1.64. The second-order valence-electron chi connectivity index (χ2n) is 6.05. The Balaban J connectivity index is 0.00000225. The Bertz CT molecular complexity index is 730. The van der Waals surface area contributed by atoms with E-state index in [1.165, 1.54) is 23.8 Å². The van der Waals surface area contributed by atoms with E-state index in [9.17, 15) is 9.18 Å². The molecule has 0 unspecified atom stereocenters. The standard InChI is InChI=1S/C18H19ClFN3O.ClH/c19-15-8-13(6-7-16(15)20)22-18(24)11-23-9-14(17(21)10-23)12-4-2-1-3-5-12;/h1-8,14,17H,9-11,21H2,(H,22,24);1H/t14-,17+;/m0./s1. The number of hydrogen-bond donors (Lipinski definition) is 2. The van der Waals surface area contributed by atoms with Crippen LogP contribution in [0.25, 0.3) is 0 Å². The van der Waals surface area contributed by atoms with E-state index >= 15 is 0 Å². The van der Waals surface area contributed by atoms with Crippen LogP contribution < -0.4 is 11.1 Å². The first-order valence-corrected chi connectivity index (χ1v) is 8.18. The largest absolute Gasteiger partial charge is 0.326 e. The minimum Gasteiger partial charge on any atom is -0.326 e. The molecule has 4 nitrogen and oxygen atoms in total. The highest BCUT2D eigenvalue weighted by atomic mass is 35.5. The molecule has 1 saturated heterocycles. The van der Waals surface area contributed by atoms with Crippen LogP contribution in [0, 0.1) is 5.82 Å². The van der Waals surface area contributed by atoms with Crippen LogP contribution in [0.4, 0.5) is 10.1 Å². The first-order chi connectivity index (χ1) is 11.5. The fourth-order valence-electron chi connectivity index (χ4n) is 3.07. The third kappa shape index (κ3) is 4.92. The highest BCUT2D eigenvalue weighted by molar-refractivity contribution is 6.31. The molecule has 1 aliphatic heterocycles. The summed E-state index contributed by atoms with van der Waals surface area (Å²) in [7, 11) is 0. The molecule has 25 heavy (non-hydrogen) atoms. The van der Waals surface area contributed by atoms with Crippen molar-refractivity contribution in [3.05, 3.63) is 64.9 Å². The van der Waals surface area contributed by atoms with Gasteiger partial charge >= 0.3 is 0 Å². The number of nitrogens with two attached hydrogens (primary N) is 1. The maximum atomic E-state index is 13.1. The molecule has 2 aromatic rings. The summed E-state index contributed by atoms with van der Waals surface area (Å²) in [4.78, 5) is 14.2. The van der Waals surface area contributed by atoms with Gasteiger partial charge in [0.1, 0.15) is 5.82 Å². The highest BCUT2D eigenvalue weighted by Crippen LogP contribution is 2.26. The van der Waals surface area contributed by atoms with Gasteiger partial charge in [-0.25, -0.2) is 4.39 Å². The van der Waals surface area contributed by atoms with Crippen LogP contribution >= 0.6 is 24.0 Å². The van der Waals surface area contributed by atoms with Gasteiger partial charge in [-0.15, -0.1) is 12.4 Å². The van der Waals surface area contributed by atoms with Crippen molar-refractivity contribution in [3.8, 4) is 0 Å². The molecular weight excluding hydrogens is 364 g/mol. The monoisotopic (exact) mass is 383 g/mol. The fourth-order valence-corrected chi connectivity index (χ4v) is 3.25. The summed E-state index contributed by atoms with van der Waals surface area (Å²) >= 11 is 5.72. The first kappa shape index (κ1) is 19.7. The molecule has 0 bridgehead atoms. The average molecular weight is 384 g/mol. The van der Waals surface area contributed by atoms with Gasteiger partial charge in [0.2, 0.25) is 5.91 Å². The maximum absolute atomic E-state index is 13.1. The van der Waals surface area contributed by atoms with E-state index in [1.807, 2.05) is 23.1 Å². The van der Waals surface area contributed by atoms with E-state index in [1.54, 1.807) is 0 Å². The smallest absolute Gasteiger partial charge is 0.238 e. The minimum atomic E-state index is -0.508. The maximum Gasteiger partial charge on any atom is 0.238 e. The normalized spacial score (nSPS) is 20.1. The number of halogens is 3. The van der Waals surface area contributed by atoms with Crippen LogP contribution in [0.5, 0.6) is 0 Å². The van der Waals surface area contributed by atoms with Gasteiger partial charge in [-0.3, -0.25) is 9.69 Å². The molecule has 1 fully saturated rings. The van der Waals surface area contributed by atoms with Gasteiger partial charge in [-0.2, -0.15) is 0 Å². The Labute approximate surface area is 157 Å². The number of carbonyl (C=O) groups is 1. The number of rotatable bonds is 4. The van der Waals surface area contributed by atoms with Crippen LogP contribution in [0.2, 0.25) is 5.02 Å². The zero-order valence-corrected chi connectivity index (χ0v) is 15.1. The summed E-state index contributed by atoms with van der Waals surface area (Å²) in [6.07, 6.45) is 0. The number of anilines is 1. The van der Waals surface area contributed by atoms with Crippen LogP contribution in [0.15, 0.2) is 48.5 Å². The zero-order chi connectivity index (χ0) is 17.1. The van der Waals surface area contributed by atoms with E-state index in [0.29, 0.717) is 12.2 Å². The molecule has 0 saturated carbocycles. The Morgan fingerprint density at radius 3 is 2.64 bits per heavy atom. The van der Waals surface area contributed by atoms with Crippen LogP contribution in [-0.4, -0.2) is 36.5 Å². The Morgan fingerprint density at radius 2 is 1.96 bits per heavy atom. The predicted octanol–water partition coefficient (Wildman–Crippen LogP) is 3.27. The Kier molecular flexibility index (Phi) is 6.79. The van der Waals surface area contributed by atoms with Crippen molar-refractivity contribution >= 4 is 35.6 Å². The molecule has 0 aliphatic carbocycles. The van der Waals surface area contributed by atoms with Gasteiger partial charge in [-0.05, 0) is 23.8 Å². The topological polar surface area (TPSA) is 58.4 Å². The second-order valence-corrected chi connectivity index (χ2v) is 6.46. The van der Waals surface area contributed by atoms with Crippen molar-refractivity contribution in [2.24, 2.45) is 5.73 Å². The summed E-state index contributed by atoms with van der Waals surface area (Å²) < 4.78 is 13.1. The van der Waals surface area contributed by atoms with Gasteiger partial charge in [-0.1, -0.05) is 41.9 Å². The number of hydrogen-bond acceptors (Lipinski definition) is 3. The quantitative estimate of drug-likeness (QED) is 0.851. The van der Waals surface area contributed by atoms with Crippen LogP contribution in [0.3, 0.4) is 0 Å². The lowest BCUT2D eigenvalue weighted by Crippen LogP contribution is -2.33. The van der Waals surface area contributed by atoms with Gasteiger partial charge in [0.15, 0.2) is 0 Å². The van der Waals surface area contributed by atoms with Crippen molar-refractivity contribution in [2.75, 3.05) is 25.0 Å². The number of nitrogens with one attached hydrogen (secondary N) is 1. The van der Waals surface area contributed by atoms with E-state index < -0.39 is 5.82 Å². The average Bonchev–Trinajstić information content (AvgIpc) is 2.92. The molecular formula is C18H20Cl2FN3O. The summed E-state index contributed by atoms with van der Waals surface area (Å²) in [5, 5.41) is 2.72. The third-order valence-corrected chi connectivity index (χ3v) is 4.53. The third-order valence-electron chi connectivity index (χ3n) is 4.24. The second kappa shape index (κ2) is 8.63. The van der Waals surface area contributed by atoms with Crippen molar-refractivity contribution in [1.29, 1.82) is 0 Å². The molecule has 1 aliphatic rings. The Morgan fingerprint density at radius 1 is 1.24 bits per heavy atom. The Hall–Kier alpha value is -1.66. The van der Waals surface area contributed by atoms with Gasteiger partial charge in [0.05, 0.1) is 11.6 Å². The molecule has 134 valence electrons. The predicted molar refractivity (Wildman–Crippen MR) is 101 cm³/mol. The minimum absolute atomic E-state index is 0. The van der Waals surface area contributed by atoms with Crippen molar-refractivity contribution in [2.45, 2.75) is 12.0 Å². The lowest BCUT2D eigenvalue weighted by molar-refractivity contribution is -0.117. The number of nitrogens with zero attached hydrogens (tertiary/aromatic N) is 1. The number of carbonyl (C=O) groups excluding carboxylic acids is 1. The van der Waals surface area contributed by atoms with E-state index in [2.05, 4.69) is 17.4 Å². The van der Waals surface area contributed by atoms with E-state index in [-0.39, 0.29) is 41.8 Å². The molecule has 0 spiro atoms. The molecule has 2 atom stereocenters. The van der Waals surface area contributed by atoms with Crippen molar-refractivity contribution < 1.29 is 9.18 Å². The lowest BCUT2D eigenvalue weighted by Gasteiger charge is -2.16. The molecule has 3 N–H and O–H groups in total. The SMILES string of the molecule is Cl.N[C@@H]1CN(CC(=O)Nc2ccc(F)c(Cl)c2)C[C@H]1c1ccccc1.